The van der Waals surface area contributed by atoms with Crippen LogP contribution in [0.25, 0.3) is 10.9 Å². The quantitative estimate of drug-likeness (QED) is 0.547. The molecule has 1 atom stereocenters. The number of sulfonamides is 1. The predicted molar refractivity (Wildman–Crippen MR) is 135 cm³/mol. The molecule has 1 aromatic carbocycles. The molecule has 3 heterocycles. The Balaban J connectivity index is 1.28. The van der Waals surface area contributed by atoms with Gasteiger partial charge in [0.15, 0.2) is 0 Å². The van der Waals surface area contributed by atoms with Gasteiger partial charge >= 0.3 is 0 Å². The molecule has 2 saturated heterocycles. The Labute approximate surface area is 203 Å². The summed E-state index contributed by atoms with van der Waals surface area (Å²) in [5, 5.41) is 3.98. The minimum atomic E-state index is -3.63. The van der Waals surface area contributed by atoms with Crippen LogP contribution in [0.2, 0.25) is 0 Å². The van der Waals surface area contributed by atoms with Crippen molar-refractivity contribution >= 4 is 26.8 Å². The van der Waals surface area contributed by atoms with Crippen LogP contribution in [-0.4, -0.2) is 91.9 Å². The molecule has 1 aromatic heterocycles. The summed E-state index contributed by atoms with van der Waals surface area (Å²) >= 11 is 0. The number of hydrogen-bond acceptors (Lipinski definition) is 5. The summed E-state index contributed by atoms with van der Waals surface area (Å²) in [4.78, 5) is 18.0. The predicted octanol–water partition coefficient (Wildman–Crippen LogP) is 2.21. The van der Waals surface area contributed by atoms with Crippen molar-refractivity contribution in [3.05, 3.63) is 30.5 Å². The van der Waals surface area contributed by atoms with Crippen molar-refractivity contribution in [1.82, 2.24) is 24.0 Å². The molecule has 8 nitrogen and oxygen atoms in total. The molecule has 9 heteroatoms. The van der Waals surface area contributed by atoms with Gasteiger partial charge in [0.2, 0.25) is 15.9 Å². The first-order valence-electron chi connectivity index (χ1n) is 12.7. The zero-order valence-corrected chi connectivity index (χ0v) is 21.4. The van der Waals surface area contributed by atoms with Gasteiger partial charge in [0.1, 0.15) is 0 Å². The van der Waals surface area contributed by atoms with Crippen LogP contribution < -0.4 is 5.32 Å². The highest BCUT2D eigenvalue weighted by atomic mass is 32.2. The molecule has 188 valence electrons. The number of aromatic nitrogens is 1. The molecule has 2 fully saturated rings. The van der Waals surface area contributed by atoms with Crippen molar-refractivity contribution in [2.75, 3.05) is 58.9 Å². The minimum absolute atomic E-state index is 0.0221. The summed E-state index contributed by atoms with van der Waals surface area (Å²) in [6, 6.07) is 7.27. The molecule has 1 N–H and O–H groups in total. The summed E-state index contributed by atoms with van der Waals surface area (Å²) in [5.41, 5.74) is 1.03. The number of carbonyl (C=O) groups is 1. The Morgan fingerprint density at radius 1 is 1.03 bits per heavy atom. The lowest BCUT2D eigenvalue weighted by Crippen LogP contribution is -2.47. The first-order valence-corrected chi connectivity index (χ1v) is 14.2. The number of piperidine rings is 1. The lowest BCUT2D eigenvalue weighted by Gasteiger charge is -2.34. The normalized spacial score (nSPS) is 21.2. The van der Waals surface area contributed by atoms with Crippen molar-refractivity contribution in [3.8, 4) is 0 Å². The van der Waals surface area contributed by atoms with E-state index in [1.165, 1.54) is 4.31 Å². The maximum Gasteiger partial charge on any atom is 0.243 e. The number of nitrogens with one attached hydrogen (secondary N) is 1. The fourth-order valence-corrected chi connectivity index (χ4v) is 6.69. The third-order valence-electron chi connectivity index (χ3n) is 7.34. The van der Waals surface area contributed by atoms with Crippen LogP contribution in [0.1, 0.15) is 33.1 Å². The van der Waals surface area contributed by atoms with Gasteiger partial charge in [-0.2, -0.15) is 4.31 Å². The lowest BCUT2D eigenvalue weighted by molar-refractivity contribution is -0.126. The summed E-state index contributed by atoms with van der Waals surface area (Å²) in [6.07, 6.45) is 4.33. The molecule has 2 aliphatic rings. The maximum atomic E-state index is 13.3. The van der Waals surface area contributed by atoms with E-state index in [1.807, 2.05) is 18.3 Å². The molecule has 4 rings (SSSR count). The number of fused-ring (bicyclic) bond motifs is 1. The molecule has 0 aliphatic carbocycles. The zero-order valence-electron chi connectivity index (χ0n) is 20.6. The Kier molecular flexibility index (Phi) is 8.29. The third-order valence-corrected chi connectivity index (χ3v) is 9.20. The molecule has 0 saturated carbocycles. The topological polar surface area (TPSA) is 77.9 Å². The van der Waals surface area contributed by atoms with Crippen molar-refractivity contribution in [3.63, 3.8) is 0 Å². The summed E-state index contributed by atoms with van der Waals surface area (Å²) in [5.74, 6) is -0.312. The van der Waals surface area contributed by atoms with E-state index in [0.717, 1.165) is 69.6 Å². The summed E-state index contributed by atoms with van der Waals surface area (Å²) < 4.78 is 30.3. The Morgan fingerprint density at radius 3 is 2.53 bits per heavy atom. The van der Waals surface area contributed by atoms with E-state index in [4.69, 9.17) is 0 Å². The average Bonchev–Trinajstić information content (AvgIpc) is 3.29. The van der Waals surface area contributed by atoms with E-state index in [1.54, 1.807) is 12.1 Å². The van der Waals surface area contributed by atoms with Crippen molar-refractivity contribution in [1.29, 1.82) is 0 Å². The van der Waals surface area contributed by atoms with E-state index in [-0.39, 0.29) is 18.4 Å². The number of aryl methyl sites for hydroxylation is 1. The van der Waals surface area contributed by atoms with Gasteiger partial charge in [-0.25, -0.2) is 8.42 Å². The molecule has 1 amide bonds. The number of piperazine rings is 1. The molecule has 0 bridgehead atoms. The second-order valence-corrected chi connectivity index (χ2v) is 11.4. The van der Waals surface area contributed by atoms with Gasteiger partial charge in [-0.3, -0.25) is 4.79 Å². The van der Waals surface area contributed by atoms with Crippen molar-refractivity contribution < 1.29 is 13.2 Å². The van der Waals surface area contributed by atoms with Gasteiger partial charge in [-0.05, 0) is 63.5 Å². The number of amides is 1. The molecule has 0 unspecified atom stereocenters. The Morgan fingerprint density at radius 2 is 1.79 bits per heavy atom. The molecular weight excluding hydrogens is 450 g/mol. The van der Waals surface area contributed by atoms with Gasteiger partial charge in [-0.15, -0.1) is 0 Å². The average molecular weight is 490 g/mol. The number of nitrogens with zero attached hydrogens (tertiary/aromatic N) is 4. The molecule has 34 heavy (non-hydrogen) atoms. The minimum Gasteiger partial charge on any atom is -0.356 e. The number of likely N-dealkylation sites (N-methyl/N-ethyl adjacent to an activating group) is 1. The molecule has 0 spiro atoms. The van der Waals surface area contributed by atoms with Crippen LogP contribution in [-0.2, 0) is 21.4 Å². The smallest absolute Gasteiger partial charge is 0.243 e. The summed E-state index contributed by atoms with van der Waals surface area (Å²) in [6.45, 7) is 13.0. The third kappa shape index (κ3) is 5.64. The lowest BCUT2D eigenvalue weighted by atomic mass is 9.99. The number of hydrogen-bond donors (Lipinski definition) is 1. The van der Waals surface area contributed by atoms with Crippen LogP contribution in [0.3, 0.4) is 0 Å². The van der Waals surface area contributed by atoms with E-state index >= 15 is 0 Å². The molecule has 2 aliphatic heterocycles. The van der Waals surface area contributed by atoms with Crippen LogP contribution in [0, 0.1) is 5.92 Å². The highest BCUT2D eigenvalue weighted by Gasteiger charge is 2.33. The fourth-order valence-electron chi connectivity index (χ4n) is 5.13. The summed E-state index contributed by atoms with van der Waals surface area (Å²) in [7, 11) is -3.63. The highest BCUT2D eigenvalue weighted by molar-refractivity contribution is 7.89. The fraction of sp³-hybridized carbons (Fsp3) is 0.640. The Hall–Kier alpha value is -1.94. The number of rotatable bonds is 9. The Bertz CT molecular complexity index is 1080. The second-order valence-electron chi connectivity index (χ2n) is 9.45. The van der Waals surface area contributed by atoms with Crippen LogP contribution in [0.4, 0.5) is 0 Å². The first-order chi connectivity index (χ1) is 16.4. The van der Waals surface area contributed by atoms with Gasteiger partial charge < -0.3 is 19.7 Å². The van der Waals surface area contributed by atoms with E-state index in [0.29, 0.717) is 24.4 Å². The van der Waals surface area contributed by atoms with Gasteiger partial charge in [-0.1, -0.05) is 6.92 Å². The number of benzene rings is 1. The maximum absolute atomic E-state index is 13.3. The van der Waals surface area contributed by atoms with Crippen LogP contribution in [0.5, 0.6) is 0 Å². The van der Waals surface area contributed by atoms with Crippen molar-refractivity contribution in [2.24, 2.45) is 5.92 Å². The first kappa shape index (κ1) is 25.2. The largest absolute Gasteiger partial charge is 0.356 e. The molecular formula is C25H39N5O3S. The molecule has 0 radical (unpaired) electrons. The van der Waals surface area contributed by atoms with Gasteiger partial charge in [0.05, 0.1) is 10.8 Å². The van der Waals surface area contributed by atoms with Crippen molar-refractivity contribution in [2.45, 2.75) is 44.6 Å². The van der Waals surface area contributed by atoms with Gasteiger partial charge in [0, 0.05) is 69.5 Å². The highest BCUT2D eigenvalue weighted by Crippen LogP contribution is 2.27. The van der Waals surface area contributed by atoms with E-state index < -0.39 is 10.0 Å². The SMILES string of the molecule is CCN1CCN(CCCNC(=O)[C@H]2CCCN(S(=O)(=O)c3ccc4c(ccn4CC)c3)C2)CC1. The second kappa shape index (κ2) is 11.2. The van der Waals surface area contributed by atoms with Crippen LogP contribution >= 0.6 is 0 Å². The van der Waals surface area contributed by atoms with E-state index in [2.05, 4.69) is 33.5 Å². The monoisotopic (exact) mass is 489 g/mol. The standard InChI is InChI=1S/C25H39N5O3S/c1-3-27-15-17-28(18-16-27)12-6-11-26-25(31)22-7-5-13-30(20-22)34(32,33)23-8-9-24-21(19-23)10-14-29(24)4-2/h8-10,14,19,22H,3-7,11-13,15-18,20H2,1-2H3,(H,26,31)/t22-/m0/s1. The van der Waals surface area contributed by atoms with Gasteiger partial charge in [0.25, 0.3) is 0 Å². The zero-order chi connectivity index (χ0) is 24.1. The van der Waals surface area contributed by atoms with Crippen LogP contribution in [0.15, 0.2) is 35.4 Å². The number of carbonyl (C=O) groups excluding carboxylic acids is 1. The molecule has 2 aromatic rings. The van der Waals surface area contributed by atoms with E-state index in [9.17, 15) is 13.2 Å².